The Balaban J connectivity index is 1.41. The van der Waals surface area contributed by atoms with Crippen LogP contribution in [0.5, 0.6) is 0 Å². The molecule has 0 spiro atoms. The molecule has 12 heteroatoms. The van der Waals surface area contributed by atoms with E-state index in [2.05, 4.69) is 10.3 Å². The van der Waals surface area contributed by atoms with E-state index in [4.69, 9.17) is 0 Å². The average Bonchev–Trinajstić information content (AvgIpc) is 3.39. The highest BCUT2D eigenvalue weighted by Crippen LogP contribution is 2.43. The van der Waals surface area contributed by atoms with E-state index in [0.717, 1.165) is 29.3 Å². The van der Waals surface area contributed by atoms with Crippen molar-refractivity contribution in [2.75, 3.05) is 11.9 Å². The number of alkyl halides is 3. The predicted molar refractivity (Wildman–Crippen MR) is 152 cm³/mol. The molecular weight excluding hydrogens is 583 g/mol. The van der Waals surface area contributed by atoms with Crippen molar-refractivity contribution in [3.05, 3.63) is 107 Å². The molecular formula is C32H25F5N4O3. The molecule has 7 nitrogen and oxygen atoms in total. The van der Waals surface area contributed by atoms with Gasteiger partial charge < -0.3 is 10.4 Å². The van der Waals surface area contributed by atoms with Gasteiger partial charge in [0.1, 0.15) is 11.3 Å². The zero-order valence-corrected chi connectivity index (χ0v) is 23.3. The minimum atomic E-state index is -4.69. The second-order valence-electron chi connectivity index (χ2n) is 10.9. The first-order chi connectivity index (χ1) is 20.9. The highest BCUT2D eigenvalue weighted by Gasteiger charge is 2.52. The van der Waals surface area contributed by atoms with E-state index in [1.807, 2.05) is 0 Å². The Bertz CT molecular complexity index is 1860. The summed E-state index contributed by atoms with van der Waals surface area (Å²) in [5.41, 5.74) is -2.15. The number of aliphatic hydroxyl groups excluding tert-OH is 1. The Morgan fingerprint density at radius 3 is 2.61 bits per heavy atom. The van der Waals surface area contributed by atoms with Gasteiger partial charge in [0.25, 0.3) is 11.8 Å². The van der Waals surface area contributed by atoms with E-state index in [1.165, 1.54) is 23.3 Å². The number of para-hydroxylation sites is 1. The molecule has 1 saturated heterocycles. The van der Waals surface area contributed by atoms with Crippen LogP contribution in [0.25, 0.3) is 22.0 Å². The molecule has 2 amide bonds. The number of hydrogen-bond acceptors (Lipinski definition) is 5. The van der Waals surface area contributed by atoms with E-state index in [-0.39, 0.29) is 22.4 Å². The zero-order valence-electron chi connectivity index (χ0n) is 23.3. The summed E-state index contributed by atoms with van der Waals surface area (Å²) in [4.78, 5) is 31.8. The van der Waals surface area contributed by atoms with Gasteiger partial charge in [0.15, 0.2) is 11.6 Å². The molecule has 226 valence electrons. The standard InChI is InChI=1S/C32H25F5N4O3/c1-31-12-5-13-41(31)40(17-19-7-4-8-23(33)27(19)34)30(44)26(28(31)42)29(43)39-25-11-10-21(32(35,36)37)15-22(25)20-14-18-6-2-3-9-24(18)38-16-20/h2-4,6-11,14-16,42H,5,12-13,17H2,1H3,(H,39,43)/t31-/m1/s1. The Morgan fingerprint density at radius 1 is 1.07 bits per heavy atom. The predicted octanol–water partition coefficient (Wildman–Crippen LogP) is 6.76. The number of aliphatic hydroxyl groups is 1. The number of hydrogen-bond donors (Lipinski definition) is 2. The summed E-state index contributed by atoms with van der Waals surface area (Å²) in [5, 5.41) is 17.1. The molecule has 0 aliphatic carbocycles. The third-order valence-electron chi connectivity index (χ3n) is 8.17. The number of aromatic nitrogens is 1. The lowest BCUT2D eigenvalue weighted by atomic mass is 9.90. The summed E-state index contributed by atoms with van der Waals surface area (Å²) in [7, 11) is 0. The number of carbonyl (C=O) groups excluding carboxylic acids is 2. The molecule has 2 aliphatic heterocycles. The van der Waals surface area contributed by atoms with Crippen molar-refractivity contribution in [2.24, 2.45) is 0 Å². The van der Waals surface area contributed by atoms with E-state index in [1.54, 1.807) is 37.3 Å². The molecule has 2 N–H and O–H groups in total. The van der Waals surface area contributed by atoms with Crippen molar-refractivity contribution in [2.45, 2.75) is 38.0 Å². The Morgan fingerprint density at radius 2 is 1.84 bits per heavy atom. The number of amides is 2. The number of halogens is 5. The van der Waals surface area contributed by atoms with Crippen molar-refractivity contribution in [3.63, 3.8) is 0 Å². The number of hydrazine groups is 1. The Labute approximate surface area is 248 Å². The lowest BCUT2D eigenvalue weighted by Crippen LogP contribution is -2.60. The first kappa shape index (κ1) is 29.2. The lowest BCUT2D eigenvalue weighted by molar-refractivity contribution is -0.160. The smallest absolute Gasteiger partial charge is 0.416 e. The number of nitrogens with one attached hydrogen (secondary N) is 1. The number of nitrogens with zero attached hydrogens (tertiary/aromatic N) is 3. The van der Waals surface area contributed by atoms with Crippen LogP contribution in [0.15, 0.2) is 84.3 Å². The van der Waals surface area contributed by atoms with Crippen LogP contribution in [-0.2, 0) is 22.3 Å². The topological polar surface area (TPSA) is 85.8 Å². The van der Waals surface area contributed by atoms with Gasteiger partial charge in [-0.15, -0.1) is 0 Å². The van der Waals surface area contributed by atoms with Crippen molar-refractivity contribution >= 4 is 28.4 Å². The monoisotopic (exact) mass is 608 g/mol. The van der Waals surface area contributed by atoms with Crippen molar-refractivity contribution in [1.82, 2.24) is 15.0 Å². The molecule has 0 bridgehead atoms. The van der Waals surface area contributed by atoms with E-state index < -0.39 is 58.6 Å². The molecule has 1 aromatic heterocycles. The number of pyridine rings is 1. The highest BCUT2D eigenvalue weighted by atomic mass is 19.4. The van der Waals surface area contributed by atoms with Crippen LogP contribution in [0.4, 0.5) is 27.6 Å². The van der Waals surface area contributed by atoms with E-state index >= 15 is 0 Å². The summed E-state index contributed by atoms with van der Waals surface area (Å²) in [6, 6.07) is 14.9. The van der Waals surface area contributed by atoms with Gasteiger partial charge in [-0.25, -0.2) is 13.8 Å². The summed E-state index contributed by atoms with van der Waals surface area (Å²) in [6.45, 7) is 1.50. The van der Waals surface area contributed by atoms with Crippen LogP contribution >= 0.6 is 0 Å². The van der Waals surface area contributed by atoms with Crippen molar-refractivity contribution in [3.8, 4) is 11.1 Å². The number of anilines is 1. The molecule has 4 aromatic rings. The minimum Gasteiger partial charge on any atom is -0.509 e. The second kappa shape index (κ2) is 10.7. The van der Waals surface area contributed by atoms with Gasteiger partial charge >= 0.3 is 6.18 Å². The maximum atomic E-state index is 14.6. The van der Waals surface area contributed by atoms with Crippen LogP contribution in [0.3, 0.4) is 0 Å². The summed E-state index contributed by atoms with van der Waals surface area (Å²) < 4.78 is 69.7. The zero-order chi connectivity index (χ0) is 31.4. The quantitative estimate of drug-likeness (QED) is 0.193. The van der Waals surface area contributed by atoms with E-state index in [9.17, 15) is 36.6 Å². The van der Waals surface area contributed by atoms with Gasteiger partial charge in [0.05, 0.1) is 23.2 Å². The molecule has 0 unspecified atom stereocenters. The van der Waals surface area contributed by atoms with Gasteiger partial charge in [-0.3, -0.25) is 19.6 Å². The van der Waals surface area contributed by atoms with Crippen LogP contribution in [-0.4, -0.2) is 44.0 Å². The van der Waals surface area contributed by atoms with Crippen LogP contribution in [0.2, 0.25) is 0 Å². The minimum absolute atomic E-state index is 0.0119. The van der Waals surface area contributed by atoms with Crippen LogP contribution in [0.1, 0.15) is 30.9 Å². The molecule has 3 aromatic carbocycles. The largest absolute Gasteiger partial charge is 0.509 e. The first-order valence-electron chi connectivity index (χ1n) is 13.7. The third-order valence-corrected chi connectivity index (χ3v) is 8.17. The fourth-order valence-corrected chi connectivity index (χ4v) is 5.85. The molecule has 2 aliphatic rings. The normalized spacial score (nSPS) is 19.0. The Hall–Kier alpha value is -4.84. The SMILES string of the molecule is C[C@]12CCCN1N(Cc1cccc(F)c1F)C(=O)C(C(=O)Nc1ccc(C(F)(F)F)cc1-c1cnc3ccccc3c1)=C2O. The van der Waals surface area contributed by atoms with Crippen molar-refractivity contribution in [1.29, 1.82) is 0 Å². The van der Waals surface area contributed by atoms with Gasteiger partial charge in [0.2, 0.25) is 0 Å². The van der Waals surface area contributed by atoms with Gasteiger partial charge in [0, 0.05) is 40.5 Å². The molecule has 1 atom stereocenters. The lowest BCUT2D eigenvalue weighted by Gasteiger charge is -2.46. The van der Waals surface area contributed by atoms with Crippen molar-refractivity contribution < 1.29 is 36.6 Å². The molecule has 44 heavy (non-hydrogen) atoms. The van der Waals surface area contributed by atoms with Crippen LogP contribution in [0, 0.1) is 11.6 Å². The third kappa shape index (κ3) is 4.94. The number of rotatable bonds is 5. The maximum absolute atomic E-state index is 14.6. The Kier molecular flexibility index (Phi) is 7.11. The maximum Gasteiger partial charge on any atom is 0.416 e. The van der Waals surface area contributed by atoms with Crippen LogP contribution < -0.4 is 5.32 Å². The second-order valence-corrected chi connectivity index (χ2v) is 10.9. The average molecular weight is 609 g/mol. The number of benzene rings is 3. The summed E-state index contributed by atoms with van der Waals surface area (Å²) in [5.74, 6) is -4.81. The molecule has 1 fully saturated rings. The highest BCUT2D eigenvalue weighted by molar-refractivity contribution is 6.24. The summed E-state index contributed by atoms with van der Waals surface area (Å²) in [6.07, 6.45) is -2.43. The fourth-order valence-electron chi connectivity index (χ4n) is 5.85. The fraction of sp³-hybridized carbons (Fsp3) is 0.219. The number of fused-ring (bicyclic) bond motifs is 2. The van der Waals surface area contributed by atoms with Gasteiger partial charge in [-0.1, -0.05) is 30.3 Å². The molecule has 6 rings (SSSR count). The number of carbonyl (C=O) groups is 2. The first-order valence-corrected chi connectivity index (χ1v) is 13.7. The molecule has 0 radical (unpaired) electrons. The van der Waals surface area contributed by atoms with Gasteiger partial charge in [-0.05, 0) is 56.2 Å². The van der Waals surface area contributed by atoms with E-state index in [0.29, 0.717) is 30.3 Å². The summed E-state index contributed by atoms with van der Waals surface area (Å²) >= 11 is 0. The van der Waals surface area contributed by atoms with Gasteiger partial charge in [-0.2, -0.15) is 13.2 Å². The molecule has 3 heterocycles. The molecule has 0 saturated carbocycles.